The minimum atomic E-state index is 0.156. The summed E-state index contributed by atoms with van der Waals surface area (Å²) in [6.07, 6.45) is 6.83. The lowest BCUT2D eigenvalue weighted by molar-refractivity contribution is 0.0909. The van der Waals surface area contributed by atoms with Gasteiger partial charge < -0.3 is 10.5 Å². The SMILES string of the molecule is COc1ccc(C(=O)C2CCCCCC2)c(N)c1. The zero-order valence-corrected chi connectivity index (χ0v) is 10.9. The molecule has 0 bridgehead atoms. The number of benzene rings is 1. The molecule has 3 heteroatoms. The number of anilines is 1. The van der Waals surface area contributed by atoms with Crippen molar-refractivity contribution in [2.75, 3.05) is 12.8 Å². The van der Waals surface area contributed by atoms with Gasteiger partial charge in [-0.3, -0.25) is 4.79 Å². The maximum Gasteiger partial charge on any atom is 0.168 e. The van der Waals surface area contributed by atoms with Crippen molar-refractivity contribution in [2.24, 2.45) is 5.92 Å². The number of carbonyl (C=O) groups is 1. The van der Waals surface area contributed by atoms with Crippen LogP contribution < -0.4 is 10.5 Å². The first kappa shape index (κ1) is 12.9. The van der Waals surface area contributed by atoms with Crippen LogP contribution in [0.15, 0.2) is 18.2 Å². The summed E-state index contributed by atoms with van der Waals surface area (Å²) in [6.45, 7) is 0. The lowest BCUT2D eigenvalue weighted by Crippen LogP contribution is -2.15. The molecule has 1 aliphatic carbocycles. The molecular formula is C15H21NO2. The van der Waals surface area contributed by atoms with E-state index in [-0.39, 0.29) is 11.7 Å². The monoisotopic (exact) mass is 247 g/mol. The fraction of sp³-hybridized carbons (Fsp3) is 0.533. The molecule has 1 aromatic rings. The molecule has 0 aliphatic heterocycles. The van der Waals surface area contributed by atoms with Gasteiger partial charge in [-0.05, 0) is 25.0 Å². The molecular weight excluding hydrogens is 226 g/mol. The van der Waals surface area contributed by atoms with Crippen LogP contribution in [0.25, 0.3) is 0 Å². The van der Waals surface area contributed by atoms with Gasteiger partial charge in [-0.15, -0.1) is 0 Å². The van der Waals surface area contributed by atoms with Crippen LogP contribution in [-0.2, 0) is 0 Å². The summed E-state index contributed by atoms with van der Waals surface area (Å²) >= 11 is 0. The zero-order chi connectivity index (χ0) is 13.0. The highest BCUT2D eigenvalue weighted by Crippen LogP contribution is 2.29. The molecule has 0 aromatic heterocycles. The topological polar surface area (TPSA) is 52.3 Å². The van der Waals surface area contributed by atoms with E-state index in [1.54, 1.807) is 25.3 Å². The minimum Gasteiger partial charge on any atom is -0.497 e. The molecule has 98 valence electrons. The van der Waals surface area contributed by atoms with E-state index in [4.69, 9.17) is 10.5 Å². The Morgan fingerprint density at radius 3 is 2.44 bits per heavy atom. The lowest BCUT2D eigenvalue weighted by Gasteiger charge is -2.14. The first-order valence-electron chi connectivity index (χ1n) is 6.70. The van der Waals surface area contributed by atoms with Crippen LogP contribution in [0.5, 0.6) is 5.75 Å². The van der Waals surface area contributed by atoms with Gasteiger partial charge in [0.2, 0.25) is 0 Å². The summed E-state index contributed by atoms with van der Waals surface area (Å²) in [5, 5.41) is 0. The number of Topliss-reactive ketones (excluding diaryl/α,β-unsaturated/α-hetero) is 1. The van der Waals surface area contributed by atoms with E-state index < -0.39 is 0 Å². The third-order valence-corrected chi connectivity index (χ3v) is 3.75. The van der Waals surface area contributed by atoms with Crippen molar-refractivity contribution in [3.63, 3.8) is 0 Å². The highest BCUT2D eigenvalue weighted by molar-refractivity contribution is 6.02. The standard InChI is InChI=1S/C15H21NO2/c1-18-12-8-9-13(14(16)10-12)15(17)11-6-4-2-3-5-7-11/h8-11H,2-7,16H2,1H3. The van der Waals surface area contributed by atoms with Crippen molar-refractivity contribution in [1.82, 2.24) is 0 Å². The van der Waals surface area contributed by atoms with E-state index in [0.29, 0.717) is 17.0 Å². The van der Waals surface area contributed by atoms with Gasteiger partial charge in [-0.1, -0.05) is 25.7 Å². The third kappa shape index (κ3) is 2.84. The molecule has 1 fully saturated rings. The molecule has 0 radical (unpaired) electrons. The van der Waals surface area contributed by atoms with Crippen LogP contribution in [0.2, 0.25) is 0 Å². The average Bonchev–Trinajstić information content (AvgIpc) is 2.66. The zero-order valence-electron chi connectivity index (χ0n) is 10.9. The van der Waals surface area contributed by atoms with Crippen molar-refractivity contribution in [1.29, 1.82) is 0 Å². The Bertz CT molecular complexity index is 421. The van der Waals surface area contributed by atoms with Crippen molar-refractivity contribution >= 4 is 11.5 Å². The van der Waals surface area contributed by atoms with E-state index in [1.165, 1.54) is 12.8 Å². The predicted octanol–water partition coefficient (Wildman–Crippen LogP) is 3.43. The Labute approximate surface area is 108 Å². The summed E-state index contributed by atoms with van der Waals surface area (Å²) < 4.78 is 5.10. The number of hydrogen-bond donors (Lipinski definition) is 1. The van der Waals surface area contributed by atoms with Gasteiger partial charge in [-0.2, -0.15) is 0 Å². The number of nitrogens with two attached hydrogens (primary N) is 1. The van der Waals surface area contributed by atoms with Crippen LogP contribution >= 0.6 is 0 Å². The molecule has 2 rings (SSSR count). The number of carbonyl (C=O) groups excluding carboxylic acids is 1. The predicted molar refractivity (Wildman–Crippen MR) is 72.9 cm³/mol. The van der Waals surface area contributed by atoms with Gasteiger partial charge in [0.05, 0.1) is 7.11 Å². The fourth-order valence-electron chi connectivity index (χ4n) is 2.65. The van der Waals surface area contributed by atoms with Crippen LogP contribution in [0.4, 0.5) is 5.69 Å². The molecule has 0 amide bonds. The second-order valence-electron chi connectivity index (χ2n) is 5.01. The molecule has 2 N–H and O–H groups in total. The molecule has 18 heavy (non-hydrogen) atoms. The van der Waals surface area contributed by atoms with Gasteiger partial charge in [0, 0.05) is 23.2 Å². The molecule has 0 atom stereocenters. The molecule has 1 aliphatic rings. The first-order chi connectivity index (χ1) is 8.72. The van der Waals surface area contributed by atoms with Crippen LogP contribution in [0, 0.1) is 5.92 Å². The van der Waals surface area contributed by atoms with Gasteiger partial charge in [0.15, 0.2) is 5.78 Å². The number of ether oxygens (including phenoxy) is 1. The molecule has 0 heterocycles. The number of rotatable bonds is 3. The summed E-state index contributed by atoms with van der Waals surface area (Å²) in [5.41, 5.74) is 7.13. The van der Waals surface area contributed by atoms with E-state index in [9.17, 15) is 4.79 Å². The maximum absolute atomic E-state index is 12.5. The normalized spacial score (nSPS) is 17.2. The summed E-state index contributed by atoms with van der Waals surface area (Å²) in [6, 6.07) is 5.33. The molecule has 0 saturated heterocycles. The molecule has 3 nitrogen and oxygen atoms in total. The van der Waals surface area contributed by atoms with E-state index in [1.807, 2.05) is 0 Å². The molecule has 0 spiro atoms. The Hall–Kier alpha value is -1.51. The van der Waals surface area contributed by atoms with E-state index in [2.05, 4.69) is 0 Å². The average molecular weight is 247 g/mol. The highest BCUT2D eigenvalue weighted by atomic mass is 16.5. The second kappa shape index (κ2) is 5.89. The summed E-state index contributed by atoms with van der Waals surface area (Å²) in [4.78, 5) is 12.5. The quantitative estimate of drug-likeness (QED) is 0.506. The van der Waals surface area contributed by atoms with Gasteiger partial charge in [0.1, 0.15) is 5.75 Å². The van der Waals surface area contributed by atoms with Crippen molar-refractivity contribution < 1.29 is 9.53 Å². The van der Waals surface area contributed by atoms with E-state index >= 15 is 0 Å². The smallest absolute Gasteiger partial charge is 0.168 e. The first-order valence-corrected chi connectivity index (χ1v) is 6.70. The molecule has 0 unspecified atom stereocenters. The van der Waals surface area contributed by atoms with Gasteiger partial charge in [0.25, 0.3) is 0 Å². The van der Waals surface area contributed by atoms with Crippen LogP contribution in [-0.4, -0.2) is 12.9 Å². The summed E-state index contributed by atoms with van der Waals surface area (Å²) in [7, 11) is 1.60. The lowest BCUT2D eigenvalue weighted by atomic mass is 9.90. The van der Waals surface area contributed by atoms with Crippen LogP contribution in [0.3, 0.4) is 0 Å². The molecule has 1 aromatic carbocycles. The van der Waals surface area contributed by atoms with E-state index in [0.717, 1.165) is 25.7 Å². The Morgan fingerprint density at radius 1 is 1.22 bits per heavy atom. The largest absolute Gasteiger partial charge is 0.497 e. The Kier molecular flexibility index (Phi) is 4.24. The Morgan fingerprint density at radius 2 is 1.89 bits per heavy atom. The fourth-order valence-corrected chi connectivity index (χ4v) is 2.65. The van der Waals surface area contributed by atoms with Crippen molar-refractivity contribution in [3.05, 3.63) is 23.8 Å². The van der Waals surface area contributed by atoms with Crippen molar-refractivity contribution in [2.45, 2.75) is 38.5 Å². The summed E-state index contributed by atoms with van der Waals surface area (Å²) in [5.74, 6) is 1.06. The second-order valence-corrected chi connectivity index (χ2v) is 5.01. The Balaban J connectivity index is 2.16. The third-order valence-electron chi connectivity index (χ3n) is 3.75. The number of hydrogen-bond acceptors (Lipinski definition) is 3. The molecule has 1 saturated carbocycles. The minimum absolute atomic E-state index is 0.156. The highest BCUT2D eigenvalue weighted by Gasteiger charge is 2.22. The number of methoxy groups -OCH3 is 1. The number of ketones is 1. The van der Waals surface area contributed by atoms with Crippen LogP contribution in [0.1, 0.15) is 48.9 Å². The van der Waals surface area contributed by atoms with Crippen molar-refractivity contribution in [3.8, 4) is 5.75 Å². The number of nitrogen functional groups attached to an aromatic ring is 1. The maximum atomic E-state index is 12.5. The van der Waals surface area contributed by atoms with Gasteiger partial charge in [-0.25, -0.2) is 0 Å². The van der Waals surface area contributed by atoms with Gasteiger partial charge >= 0.3 is 0 Å².